The van der Waals surface area contributed by atoms with Crippen LogP contribution in [0.15, 0.2) is 53.4 Å². The smallest absolute Gasteiger partial charge is 0.182 e. The first-order chi connectivity index (χ1) is 9.01. The second kappa shape index (κ2) is 5.74. The monoisotopic (exact) mass is 295 g/mol. The summed E-state index contributed by atoms with van der Waals surface area (Å²) in [5.74, 6) is -0.0544. The summed E-state index contributed by atoms with van der Waals surface area (Å²) in [5.41, 5.74) is 7.19. The topological polar surface area (TPSA) is 60.2 Å². The van der Waals surface area contributed by atoms with Gasteiger partial charge < -0.3 is 5.73 Å². The Hall–Kier alpha value is -1.36. The highest BCUT2D eigenvalue weighted by Crippen LogP contribution is 2.20. The molecule has 5 heteroatoms. The number of hydrogen-bond donors (Lipinski definition) is 1. The lowest BCUT2D eigenvalue weighted by atomic mass is 10.1. The molecule has 0 fully saturated rings. The summed E-state index contributed by atoms with van der Waals surface area (Å²) in [4.78, 5) is 0.234. The molecule has 0 spiro atoms. The first kappa shape index (κ1) is 14.1. The van der Waals surface area contributed by atoms with E-state index in [2.05, 4.69) is 0 Å². The summed E-state index contributed by atoms with van der Waals surface area (Å²) in [6.45, 7) is 0.394. The van der Waals surface area contributed by atoms with Gasteiger partial charge in [-0.1, -0.05) is 41.9 Å². The quantitative estimate of drug-likeness (QED) is 0.943. The van der Waals surface area contributed by atoms with Gasteiger partial charge in [0.2, 0.25) is 0 Å². The molecule has 0 atom stereocenters. The molecule has 0 bridgehead atoms. The van der Waals surface area contributed by atoms with Gasteiger partial charge in [-0.3, -0.25) is 0 Å². The molecule has 0 aliphatic carbocycles. The molecule has 2 N–H and O–H groups in total. The van der Waals surface area contributed by atoms with Crippen LogP contribution in [0.1, 0.15) is 11.1 Å². The minimum atomic E-state index is -3.39. The lowest BCUT2D eigenvalue weighted by Crippen LogP contribution is -2.06. The van der Waals surface area contributed by atoms with Gasteiger partial charge in [0.05, 0.1) is 10.6 Å². The summed E-state index contributed by atoms with van der Waals surface area (Å²) in [6.07, 6.45) is 0. The fraction of sp³-hybridized carbons (Fsp3) is 0.143. The lowest BCUT2D eigenvalue weighted by Gasteiger charge is -2.06. The van der Waals surface area contributed by atoms with Crippen molar-refractivity contribution in [2.75, 3.05) is 0 Å². The molecule has 0 amide bonds. The number of nitrogens with two attached hydrogens (primary N) is 1. The van der Waals surface area contributed by atoms with Crippen LogP contribution in [0.3, 0.4) is 0 Å². The first-order valence-electron chi connectivity index (χ1n) is 5.77. The molecule has 0 heterocycles. The molecule has 2 rings (SSSR count). The van der Waals surface area contributed by atoms with E-state index in [0.717, 1.165) is 11.1 Å². The van der Waals surface area contributed by atoms with E-state index in [1.807, 2.05) is 18.2 Å². The largest absolute Gasteiger partial charge is 0.326 e. The average Bonchev–Trinajstić information content (AvgIpc) is 2.38. The minimum absolute atomic E-state index is 0.0544. The van der Waals surface area contributed by atoms with Gasteiger partial charge in [0.15, 0.2) is 9.84 Å². The van der Waals surface area contributed by atoms with E-state index in [1.54, 1.807) is 24.3 Å². The normalized spacial score (nSPS) is 11.5. The predicted molar refractivity (Wildman–Crippen MR) is 76.7 cm³/mol. The minimum Gasteiger partial charge on any atom is -0.326 e. The molecule has 19 heavy (non-hydrogen) atoms. The maximum atomic E-state index is 12.3. The first-order valence-corrected chi connectivity index (χ1v) is 7.80. The zero-order valence-electron chi connectivity index (χ0n) is 10.2. The third-order valence-corrected chi connectivity index (χ3v) is 4.66. The molecule has 100 valence electrons. The van der Waals surface area contributed by atoms with Crippen LogP contribution < -0.4 is 5.73 Å². The highest BCUT2D eigenvalue weighted by Gasteiger charge is 2.15. The fourth-order valence-electron chi connectivity index (χ4n) is 1.81. The molecule has 0 aliphatic rings. The van der Waals surface area contributed by atoms with Gasteiger partial charge >= 0.3 is 0 Å². The van der Waals surface area contributed by atoms with Crippen molar-refractivity contribution < 1.29 is 8.42 Å². The van der Waals surface area contributed by atoms with Gasteiger partial charge in [0.1, 0.15) is 0 Å². The van der Waals surface area contributed by atoms with Crippen molar-refractivity contribution >= 4 is 21.4 Å². The number of hydrogen-bond acceptors (Lipinski definition) is 3. The predicted octanol–water partition coefficient (Wildman–Crippen LogP) is 2.77. The van der Waals surface area contributed by atoms with E-state index in [4.69, 9.17) is 17.3 Å². The van der Waals surface area contributed by atoms with Crippen LogP contribution in [0.5, 0.6) is 0 Å². The molecular formula is C14H14ClNO2S. The molecule has 0 saturated carbocycles. The van der Waals surface area contributed by atoms with E-state index >= 15 is 0 Å². The summed E-state index contributed by atoms with van der Waals surface area (Å²) < 4.78 is 24.5. The third-order valence-electron chi connectivity index (χ3n) is 2.74. The van der Waals surface area contributed by atoms with Crippen LogP contribution in [0.2, 0.25) is 5.02 Å². The Bertz CT molecular complexity index is 683. The molecule has 0 unspecified atom stereocenters. The van der Waals surface area contributed by atoms with Gasteiger partial charge in [-0.2, -0.15) is 0 Å². The Morgan fingerprint density at radius 2 is 1.68 bits per heavy atom. The van der Waals surface area contributed by atoms with Gasteiger partial charge in [0, 0.05) is 11.6 Å². The molecule has 3 nitrogen and oxygen atoms in total. The summed E-state index contributed by atoms with van der Waals surface area (Å²) >= 11 is 5.82. The molecule has 2 aromatic rings. The van der Waals surface area contributed by atoms with Crippen molar-refractivity contribution in [3.05, 3.63) is 64.7 Å². The second-order valence-electron chi connectivity index (χ2n) is 4.24. The van der Waals surface area contributed by atoms with Crippen LogP contribution in [0.25, 0.3) is 0 Å². The molecular weight excluding hydrogens is 282 g/mol. The van der Waals surface area contributed by atoms with Gasteiger partial charge in [0.25, 0.3) is 0 Å². The Kier molecular flexibility index (Phi) is 4.24. The Labute approximate surface area is 117 Å². The SMILES string of the molecule is NCc1cccc(CS(=O)(=O)c2cccc(Cl)c2)c1. The standard InChI is InChI=1S/C14H14ClNO2S/c15-13-5-2-6-14(8-13)19(17,18)10-12-4-1-3-11(7-12)9-16/h1-8H,9-10,16H2. The Morgan fingerprint density at radius 1 is 1.00 bits per heavy atom. The van der Waals surface area contributed by atoms with Crippen molar-refractivity contribution in [3.63, 3.8) is 0 Å². The van der Waals surface area contributed by atoms with E-state index in [1.165, 1.54) is 6.07 Å². The third kappa shape index (κ3) is 3.56. The number of sulfone groups is 1. The lowest BCUT2D eigenvalue weighted by molar-refractivity contribution is 0.595. The average molecular weight is 296 g/mol. The van der Waals surface area contributed by atoms with Crippen LogP contribution >= 0.6 is 11.6 Å². The van der Waals surface area contributed by atoms with Gasteiger partial charge in [-0.25, -0.2) is 8.42 Å². The van der Waals surface area contributed by atoms with Crippen LogP contribution in [-0.4, -0.2) is 8.42 Å². The van der Waals surface area contributed by atoms with Crippen molar-refractivity contribution in [1.82, 2.24) is 0 Å². The molecule has 2 aromatic carbocycles. The van der Waals surface area contributed by atoms with E-state index < -0.39 is 9.84 Å². The number of benzene rings is 2. The summed E-state index contributed by atoms with van der Waals surface area (Å²) in [5, 5.41) is 0.414. The van der Waals surface area contributed by atoms with E-state index in [0.29, 0.717) is 11.6 Å². The highest BCUT2D eigenvalue weighted by molar-refractivity contribution is 7.90. The zero-order chi connectivity index (χ0) is 13.9. The number of halogens is 1. The van der Waals surface area contributed by atoms with Crippen molar-refractivity contribution in [1.29, 1.82) is 0 Å². The van der Waals surface area contributed by atoms with E-state index in [-0.39, 0.29) is 10.6 Å². The van der Waals surface area contributed by atoms with Crippen LogP contribution in [0.4, 0.5) is 0 Å². The second-order valence-corrected chi connectivity index (χ2v) is 6.67. The molecule has 0 aliphatic heterocycles. The van der Waals surface area contributed by atoms with Gasteiger partial charge in [-0.15, -0.1) is 0 Å². The fourth-order valence-corrected chi connectivity index (χ4v) is 3.44. The van der Waals surface area contributed by atoms with Crippen LogP contribution in [0, 0.1) is 0 Å². The van der Waals surface area contributed by atoms with Crippen LogP contribution in [-0.2, 0) is 22.1 Å². The maximum Gasteiger partial charge on any atom is 0.182 e. The Balaban J connectivity index is 2.31. The molecule has 0 aromatic heterocycles. The Morgan fingerprint density at radius 3 is 2.37 bits per heavy atom. The van der Waals surface area contributed by atoms with E-state index in [9.17, 15) is 8.42 Å². The zero-order valence-corrected chi connectivity index (χ0v) is 11.8. The summed E-state index contributed by atoms with van der Waals surface area (Å²) in [7, 11) is -3.39. The molecule has 0 radical (unpaired) electrons. The molecule has 0 saturated heterocycles. The number of rotatable bonds is 4. The van der Waals surface area contributed by atoms with Crippen molar-refractivity contribution in [2.45, 2.75) is 17.2 Å². The summed E-state index contributed by atoms with van der Waals surface area (Å²) in [6, 6.07) is 13.6. The van der Waals surface area contributed by atoms with Gasteiger partial charge in [-0.05, 0) is 29.3 Å². The van der Waals surface area contributed by atoms with Crippen molar-refractivity contribution in [3.8, 4) is 0 Å². The van der Waals surface area contributed by atoms with Crippen molar-refractivity contribution in [2.24, 2.45) is 5.73 Å². The maximum absolute atomic E-state index is 12.3. The highest BCUT2D eigenvalue weighted by atomic mass is 35.5.